The number of fused-ring (bicyclic) bond motifs is 1. The molecule has 6 nitrogen and oxygen atoms in total. The van der Waals surface area contributed by atoms with E-state index in [1.54, 1.807) is 18.1 Å². The molecule has 4 rings (SSSR count). The second kappa shape index (κ2) is 10.6. The van der Waals surface area contributed by atoms with Crippen molar-refractivity contribution in [1.29, 1.82) is 5.26 Å². The van der Waals surface area contributed by atoms with Crippen LogP contribution in [-0.4, -0.2) is 22.6 Å². The number of anilines is 1. The van der Waals surface area contributed by atoms with Crippen molar-refractivity contribution in [3.63, 3.8) is 0 Å². The van der Waals surface area contributed by atoms with Gasteiger partial charge in [-0.15, -0.1) is 0 Å². The maximum atomic E-state index is 13.8. The van der Waals surface area contributed by atoms with E-state index in [0.717, 1.165) is 51.4 Å². The molecule has 0 aliphatic rings. The molecule has 2 aromatic carbocycles. The predicted molar refractivity (Wildman–Crippen MR) is 142 cm³/mol. The third-order valence-electron chi connectivity index (χ3n) is 5.95. The second-order valence-electron chi connectivity index (χ2n) is 8.35. The lowest BCUT2D eigenvalue weighted by Gasteiger charge is -2.19. The summed E-state index contributed by atoms with van der Waals surface area (Å²) in [5, 5.41) is 10.5. The summed E-state index contributed by atoms with van der Waals surface area (Å²) in [5.74, 6) is 0.358. The number of thiazole rings is 1. The summed E-state index contributed by atoms with van der Waals surface area (Å²) >= 11 is 1.41. The van der Waals surface area contributed by atoms with Crippen LogP contribution in [-0.2, 0) is 17.9 Å². The van der Waals surface area contributed by atoms with Gasteiger partial charge >= 0.3 is 0 Å². The normalized spacial score (nSPS) is 11.5. The van der Waals surface area contributed by atoms with E-state index in [4.69, 9.17) is 9.72 Å². The van der Waals surface area contributed by atoms with Crippen molar-refractivity contribution in [1.82, 2.24) is 9.55 Å². The van der Waals surface area contributed by atoms with Crippen molar-refractivity contribution in [3.8, 4) is 11.8 Å². The van der Waals surface area contributed by atoms with Crippen LogP contribution in [0.3, 0.4) is 0 Å². The molecule has 0 radical (unpaired) electrons. The van der Waals surface area contributed by atoms with Crippen molar-refractivity contribution < 1.29 is 9.53 Å². The van der Waals surface area contributed by atoms with Gasteiger partial charge in [0.25, 0.3) is 5.91 Å². The zero-order valence-electron chi connectivity index (χ0n) is 20.4. The van der Waals surface area contributed by atoms with Crippen LogP contribution in [0.4, 0.5) is 5.13 Å². The number of nitriles is 1. The molecule has 0 fully saturated rings. The second-order valence-corrected chi connectivity index (χ2v) is 9.36. The predicted octanol–water partition coefficient (Wildman–Crippen LogP) is 6.27. The molecular weight excluding hydrogens is 456 g/mol. The van der Waals surface area contributed by atoms with E-state index in [1.165, 1.54) is 11.3 Å². The Morgan fingerprint density at radius 2 is 1.97 bits per heavy atom. The lowest BCUT2D eigenvalue weighted by Crippen LogP contribution is -2.31. The van der Waals surface area contributed by atoms with Crippen molar-refractivity contribution in [2.24, 2.45) is 0 Å². The lowest BCUT2D eigenvalue weighted by molar-refractivity contribution is -0.114. The van der Waals surface area contributed by atoms with Crippen LogP contribution in [0.1, 0.15) is 35.9 Å². The fourth-order valence-corrected chi connectivity index (χ4v) is 5.10. The van der Waals surface area contributed by atoms with E-state index in [9.17, 15) is 10.1 Å². The van der Waals surface area contributed by atoms with E-state index in [-0.39, 0.29) is 11.5 Å². The summed E-state index contributed by atoms with van der Waals surface area (Å²) < 4.78 is 8.47. The van der Waals surface area contributed by atoms with Gasteiger partial charge in [0.2, 0.25) is 0 Å². The minimum Gasteiger partial charge on any atom is -0.497 e. The number of rotatable bonds is 8. The molecule has 0 spiro atoms. The maximum absolute atomic E-state index is 13.8. The largest absolute Gasteiger partial charge is 0.497 e. The average Bonchev–Trinajstić information content (AvgIpc) is 3.41. The first-order valence-electron chi connectivity index (χ1n) is 11.5. The molecule has 0 saturated carbocycles. The molecule has 1 amide bonds. The summed E-state index contributed by atoms with van der Waals surface area (Å²) in [6.45, 7) is 7.41. The van der Waals surface area contributed by atoms with Crippen molar-refractivity contribution in [2.45, 2.75) is 40.3 Å². The van der Waals surface area contributed by atoms with Gasteiger partial charge in [-0.3, -0.25) is 9.69 Å². The Morgan fingerprint density at radius 1 is 1.20 bits per heavy atom. The lowest BCUT2D eigenvalue weighted by atomic mass is 10.1. The minimum atomic E-state index is -0.373. The number of aryl methyl sites for hydroxylation is 1. The summed E-state index contributed by atoms with van der Waals surface area (Å²) in [6, 6.07) is 19.5. The number of amides is 1. The fourth-order valence-electron chi connectivity index (χ4n) is 4.11. The SMILES string of the molecule is CCCn1c(C)cc(C=C(C#N)C(=O)N(Cc2ccccc2)c2nc3ccc(OC)cc3s2)c1C. The molecule has 2 aromatic heterocycles. The Balaban J connectivity index is 1.76. The molecule has 0 unspecified atom stereocenters. The summed E-state index contributed by atoms with van der Waals surface area (Å²) in [6.07, 6.45) is 2.71. The molecule has 0 atom stereocenters. The number of benzene rings is 2. The highest BCUT2D eigenvalue weighted by Crippen LogP contribution is 2.33. The molecule has 0 saturated heterocycles. The van der Waals surface area contributed by atoms with Gasteiger partial charge in [0.05, 0.1) is 23.9 Å². The van der Waals surface area contributed by atoms with Gasteiger partial charge in [-0.1, -0.05) is 48.6 Å². The molecule has 178 valence electrons. The first kappa shape index (κ1) is 24.2. The van der Waals surface area contributed by atoms with Gasteiger partial charge < -0.3 is 9.30 Å². The quantitative estimate of drug-likeness (QED) is 0.218. The van der Waals surface area contributed by atoms with Crippen LogP contribution in [0, 0.1) is 25.2 Å². The van der Waals surface area contributed by atoms with E-state index in [2.05, 4.69) is 17.6 Å². The molecule has 0 aliphatic heterocycles. The monoisotopic (exact) mass is 484 g/mol. The van der Waals surface area contributed by atoms with Crippen LogP contribution >= 0.6 is 11.3 Å². The zero-order chi connectivity index (χ0) is 24.9. The topological polar surface area (TPSA) is 71.2 Å². The number of carbonyl (C=O) groups is 1. The van der Waals surface area contributed by atoms with Crippen LogP contribution in [0.2, 0.25) is 0 Å². The number of aromatic nitrogens is 2. The van der Waals surface area contributed by atoms with Crippen molar-refractivity contribution in [3.05, 3.63) is 82.7 Å². The van der Waals surface area contributed by atoms with Crippen LogP contribution in [0.25, 0.3) is 16.3 Å². The van der Waals surface area contributed by atoms with Gasteiger partial charge in [0.15, 0.2) is 5.13 Å². The van der Waals surface area contributed by atoms with Gasteiger partial charge in [-0.05, 0) is 61.7 Å². The fraction of sp³-hybridized carbons (Fsp3) is 0.250. The third kappa shape index (κ3) is 5.13. The molecule has 35 heavy (non-hydrogen) atoms. The van der Waals surface area contributed by atoms with Crippen LogP contribution in [0.15, 0.2) is 60.2 Å². The third-order valence-corrected chi connectivity index (χ3v) is 7.00. The van der Waals surface area contributed by atoms with Crippen LogP contribution in [0.5, 0.6) is 5.75 Å². The molecule has 2 heterocycles. The highest BCUT2D eigenvalue weighted by atomic mass is 32.1. The van der Waals surface area contributed by atoms with Gasteiger partial charge in [-0.25, -0.2) is 4.98 Å². The smallest absolute Gasteiger partial charge is 0.271 e. The van der Waals surface area contributed by atoms with Crippen LogP contribution < -0.4 is 9.64 Å². The number of hydrogen-bond donors (Lipinski definition) is 0. The average molecular weight is 485 g/mol. The van der Waals surface area contributed by atoms with Crippen molar-refractivity contribution in [2.75, 3.05) is 12.0 Å². The Labute approximate surface area is 209 Å². The Kier molecular flexibility index (Phi) is 7.33. The van der Waals surface area contributed by atoms with Gasteiger partial charge in [0, 0.05) is 17.9 Å². The van der Waals surface area contributed by atoms with E-state index >= 15 is 0 Å². The Morgan fingerprint density at radius 3 is 2.66 bits per heavy atom. The Bertz CT molecular complexity index is 1430. The molecular formula is C28H28N4O2S. The highest BCUT2D eigenvalue weighted by molar-refractivity contribution is 7.22. The molecule has 0 bridgehead atoms. The standard InChI is InChI=1S/C28H28N4O2S/c1-5-13-31-19(2)14-22(20(31)3)15-23(17-29)27(33)32(18-21-9-7-6-8-10-21)28-30-25-12-11-24(34-4)16-26(25)35-28/h6-12,14-16H,5,13,18H2,1-4H3. The number of methoxy groups -OCH3 is 1. The first-order chi connectivity index (χ1) is 16.9. The first-order valence-corrected chi connectivity index (χ1v) is 12.4. The Hall–Kier alpha value is -3.89. The maximum Gasteiger partial charge on any atom is 0.271 e. The zero-order valence-corrected chi connectivity index (χ0v) is 21.2. The summed E-state index contributed by atoms with van der Waals surface area (Å²) in [5.41, 5.74) is 4.86. The summed E-state index contributed by atoms with van der Waals surface area (Å²) in [7, 11) is 1.62. The molecule has 4 aromatic rings. The number of hydrogen-bond acceptors (Lipinski definition) is 5. The number of carbonyl (C=O) groups excluding carboxylic acids is 1. The van der Waals surface area contributed by atoms with E-state index in [0.29, 0.717) is 11.7 Å². The minimum absolute atomic E-state index is 0.0783. The van der Waals surface area contributed by atoms with E-state index in [1.807, 2.05) is 68.4 Å². The van der Waals surface area contributed by atoms with Gasteiger partial charge in [-0.2, -0.15) is 5.26 Å². The molecule has 0 aliphatic carbocycles. The number of ether oxygens (including phenoxy) is 1. The summed E-state index contributed by atoms with van der Waals surface area (Å²) in [4.78, 5) is 20.1. The van der Waals surface area contributed by atoms with Gasteiger partial charge in [0.1, 0.15) is 17.4 Å². The van der Waals surface area contributed by atoms with Crippen molar-refractivity contribution >= 4 is 38.7 Å². The molecule has 7 heteroatoms. The number of nitrogens with zero attached hydrogens (tertiary/aromatic N) is 4. The molecule has 0 N–H and O–H groups in total. The highest BCUT2D eigenvalue weighted by Gasteiger charge is 2.24. The van der Waals surface area contributed by atoms with E-state index < -0.39 is 0 Å².